The minimum absolute atomic E-state index is 0.182. The van der Waals surface area contributed by atoms with Gasteiger partial charge in [-0.3, -0.25) is 16.0 Å². The van der Waals surface area contributed by atoms with Crippen LogP contribution in [0.4, 0.5) is 0 Å². The summed E-state index contributed by atoms with van der Waals surface area (Å²) in [6, 6.07) is 2.37. The Morgan fingerprint density at radius 1 is 1.50 bits per heavy atom. The number of hydrazine groups is 1. The Morgan fingerprint density at radius 3 is 2.78 bits per heavy atom. The zero-order valence-electron chi connectivity index (χ0n) is 11.4. The Hall–Kier alpha value is -0.910. The van der Waals surface area contributed by atoms with Crippen molar-refractivity contribution in [2.24, 2.45) is 11.8 Å². The van der Waals surface area contributed by atoms with Gasteiger partial charge in [-0.05, 0) is 38.2 Å². The molecule has 0 saturated carbocycles. The van der Waals surface area contributed by atoms with Gasteiger partial charge in [-0.25, -0.2) is 0 Å². The second-order valence-corrected chi connectivity index (χ2v) is 4.82. The summed E-state index contributed by atoms with van der Waals surface area (Å²) >= 11 is 0. The lowest BCUT2D eigenvalue weighted by Crippen LogP contribution is -2.37. The molecule has 0 spiro atoms. The van der Waals surface area contributed by atoms with E-state index in [4.69, 9.17) is 10.6 Å². The molecular formula is C13H24N4O. The van der Waals surface area contributed by atoms with Gasteiger partial charge in [0.05, 0.1) is 17.4 Å². The summed E-state index contributed by atoms with van der Waals surface area (Å²) < 4.78 is 7.49. The smallest absolute Gasteiger partial charge is 0.0659 e. The van der Waals surface area contributed by atoms with Gasteiger partial charge in [-0.15, -0.1) is 0 Å². The standard InChI is InChI=1S/C13H24N4O/c1-3-11-9-12(17(4-2)16-11)13(15-14)10-5-7-18-8-6-10/h9-10,13,15H,3-8,14H2,1-2H3. The van der Waals surface area contributed by atoms with Gasteiger partial charge in [0.25, 0.3) is 0 Å². The predicted octanol–water partition coefficient (Wildman–Crippen LogP) is 1.40. The minimum atomic E-state index is 0.182. The molecule has 1 fully saturated rings. The Balaban J connectivity index is 2.22. The number of aromatic nitrogens is 2. The third-order valence-corrected chi connectivity index (χ3v) is 3.76. The van der Waals surface area contributed by atoms with E-state index in [1.807, 2.05) is 0 Å². The van der Waals surface area contributed by atoms with Gasteiger partial charge in [-0.1, -0.05) is 6.92 Å². The van der Waals surface area contributed by atoms with Crippen LogP contribution in [-0.2, 0) is 17.7 Å². The van der Waals surface area contributed by atoms with E-state index < -0.39 is 0 Å². The van der Waals surface area contributed by atoms with E-state index in [0.29, 0.717) is 5.92 Å². The lowest BCUT2D eigenvalue weighted by Gasteiger charge is -2.30. The van der Waals surface area contributed by atoms with E-state index in [1.54, 1.807) is 0 Å². The first kappa shape index (κ1) is 13.5. The number of nitrogens with zero attached hydrogens (tertiary/aromatic N) is 2. The molecule has 1 aliphatic heterocycles. The largest absolute Gasteiger partial charge is 0.381 e. The van der Waals surface area contributed by atoms with Gasteiger partial charge in [0.2, 0.25) is 0 Å². The molecule has 1 aromatic heterocycles. The first-order valence-corrected chi connectivity index (χ1v) is 6.90. The summed E-state index contributed by atoms with van der Waals surface area (Å²) in [5.74, 6) is 6.32. The first-order valence-electron chi connectivity index (χ1n) is 6.90. The van der Waals surface area contributed by atoms with Gasteiger partial charge in [0, 0.05) is 19.8 Å². The summed E-state index contributed by atoms with van der Waals surface area (Å²) in [6.07, 6.45) is 3.08. The van der Waals surface area contributed by atoms with E-state index in [2.05, 4.69) is 35.1 Å². The number of hydrogen-bond acceptors (Lipinski definition) is 4. The van der Waals surface area contributed by atoms with Crippen LogP contribution < -0.4 is 11.3 Å². The number of aryl methyl sites for hydroxylation is 2. The summed E-state index contributed by atoms with van der Waals surface area (Å²) in [6.45, 7) is 6.81. The second-order valence-electron chi connectivity index (χ2n) is 4.82. The van der Waals surface area contributed by atoms with Gasteiger partial charge in [-0.2, -0.15) is 5.10 Å². The molecule has 102 valence electrons. The van der Waals surface area contributed by atoms with Crippen LogP contribution in [0, 0.1) is 5.92 Å². The molecule has 2 rings (SSSR count). The van der Waals surface area contributed by atoms with Gasteiger partial charge >= 0.3 is 0 Å². The van der Waals surface area contributed by atoms with Crippen molar-refractivity contribution < 1.29 is 4.74 Å². The maximum absolute atomic E-state index is 5.78. The molecule has 2 heterocycles. The molecule has 1 aliphatic rings. The third-order valence-electron chi connectivity index (χ3n) is 3.76. The number of nitrogens with two attached hydrogens (primary N) is 1. The third kappa shape index (κ3) is 2.74. The summed E-state index contributed by atoms with van der Waals surface area (Å²) in [5.41, 5.74) is 5.33. The van der Waals surface area contributed by atoms with Crippen LogP contribution in [0.3, 0.4) is 0 Å². The molecule has 1 unspecified atom stereocenters. The summed E-state index contributed by atoms with van der Waals surface area (Å²) in [7, 11) is 0. The highest BCUT2D eigenvalue weighted by Crippen LogP contribution is 2.30. The van der Waals surface area contributed by atoms with Crippen molar-refractivity contribution in [1.29, 1.82) is 0 Å². The molecule has 18 heavy (non-hydrogen) atoms. The van der Waals surface area contributed by atoms with Crippen LogP contribution in [0.2, 0.25) is 0 Å². The molecule has 5 nitrogen and oxygen atoms in total. The average molecular weight is 252 g/mol. The Kier molecular flexibility index (Phi) is 4.74. The van der Waals surface area contributed by atoms with E-state index in [9.17, 15) is 0 Å². The van der Waals surface area contributed by atoms with Crippen LogP contribution in [-0.4, -0.2) is 23.0 Å². The first-order chi connectivity index (χ1) is 8.80. The topological polar surface area (TPSA) is 65.1 Å². The number of nitrogens with one attached hydrogen (secondary N) is 1. The van der Waals surface area contributed by atoms with Crippen molar-refractivity contribution in [3.63, 3.8) is 0 Å². The number of rotatable bonds is 5. The molecule has 1 atom stereocenters. The molecule has 1 saturated heterocycles. The highest BCUT2D eigenvalue weighted by atomic mass is 16.5. The molecule has 0 bridgehead atoms. The molecule has 0 radical (unpaired) electrons. The van der Waals surface area contributed by atoms with Gasteiger partial charge < -0.3 is 4.74 Å². The lowest BCUT2D eigenvalue weighted by molar-refractivity contribution is 0.0524. The average Bonchev–Trinajstić information content (AvgIpc) is 2.84. The fourth-order valence-corrected chi connectivity index (χ4v) is 2.68. The fourth-order valence-electron chi connectivity index (χ4n) is 2.68. The van der Waals surface area contributed by atoms with Crippen molar-refractivity contribution in [2.75, 3.05) is 13.2 Å². The van der Waals surface area contributed by atoms with Crippen LogP contribution in [0.1, 0.15) is 44.1 Å². The van der Waals surface area contributed by atoms with Crippen LogP contribution in [0.15, 0.2) is 6.07 Å². The Bertz CT molecular complexity index is 371. The molecule has 0 aliphatic carbocycles. The summed E-state index contributed by atoms with van der Waals surface area (Å²) in [4.78, 5) is 0. The highest BCUT2D eigenvalue weighted by molar-refractivity contribution is 5.15. The van der Waals surface area contributed by atoms with E-state index >= 15 is 0 Å². The molecule has 3 N–H and O–H groups in total. The van der Waals surface area contributed by atoms with E-state index in [0.717, 1.165) is 44.7 Å². The Morgan fingerprint density at radius 2 is 2.22 bits per heavy atom. The van der Waals surface area contributed by atoms with Crippen molar-refractivity contribution in [2.45, 2.75) is 45.7 Å². The predicted molar refractivity (Wildman–Crippen MR) is 70.9 cm³/mol. The zero-order valence-corrected chi connectivity index (χ0v) is 11.4. The van der Waals surface area contributed by atoms with E-state index in [1.165, 1.54) is 5.69 Å². The molecule has 0 amide bonds. The van der Waals surface area contributed by atoms with Crippen molar-refractivity contribution in [1.82, 2.24) is 15.2 Å². The SMILES string of the molecule is CCc1cc(C(NN)C2CCOCC2)n(CC)n1. The molecular weight excluding hydrogens is 228 g/mol. The molecule has 0 aromatic carbocycles. The van der Waals surface area contributed by atoms with Crippen molar-refractivity contribution >= 4 is 0 Å². The quantitative estimate of drug-likeness (QED) is 0.614. The van der Waals surface area contributed by atoms with Crippen LogP contribution in [0.5, 0.6) is 0 Å². The van der Waals surface area contributed by atoms with E-state index in [-0.39, 0.29) is 6.04 Å². The second kappa shape index (κ2) is 6.31. The zero-order chi connectivity index (χ0) is 13.0. The highest BCUT2D eigenvalue weighted by Gasteiger charge is 2.27. The van der Waals surface area contributed by atoms with Crippen LogP contribution >= 0.6 is 0 Å². The fraction of sp³-hybridized carbons (Fsp3) is 0.769. The van der Waals surface area contributed by atoms with Crippen molar-refractivity contribution in [3.8, 4) is 0 Å². The minimum Gasteiger partial charge on any atom is -0.381 e. The molecule has 5 heteroatoms. The van der Waals surface area contributed by atoms with Crippen molar-refractivity contribution in [3.05, 3.63) is 17.5 Å². The maximum Gasteiger partial charge on any atom is 0.0659 e. The Labute approximate surface area is 109 Å². The van der Waals surface area contributed by atoms with Gasteiger partial charge in [0.15, 0.2) is 0 Å². The van der Waals surface area contributed by atoms with Crippen LogP contribution in [0.25, 0.3) is 0 Å². The normalized spacial score (nSPS) is 19.1. The number of hydrogen-bond donors (Lipinski definition) is 2. The van der Waals surface area contributed by atoms with Gasteiger partial charge in [0.1, 0.15) is 0 Å². The summed E-state index contributed by atoms with van der Waals surface area (Å²) in [5, 5.41) is 4.60. The monoisotopic (exact) mass is 252 g/mol. The molecule has 1 aromatic rings. The lowest BCUT2D eigenvalue weighted by atomic mass is 9.90. The maximum atomic E-state index is 5.78. The number of ether oxygens (including phenoxy) is 1.